The first-order valence-electron chi connectivity index (χ1n) is 7.36. The Labute approximate surface area is 120 Å². The maximum atomic E-state index is 13.5. The van der Waals surface area contributed by atoms with Gasteiger partial charge in [0.1, 0.15) is 5.82 Å². The Bertz CT molecular complexity index is 526. The maximum absolute atomic E-state index is 13.5. The lowest BCUT2D eigenvalue weighted by Gasteiger charge is -2.12. The van der Waals surface area contributed by atoms with Crippen LogP contribution in [0.1, 0.15) is 30.5 Å². The Morgan fingerprint density at radius 3 is 2.10 bits per heavy atom. The SMILES string of the molecule is CC.Fc1ccccc1CNC1Cc2ccccc2C1. The smallest absolute Gasteiger partial charge is 0.127 e. The molecule has 2 heteroatoms. The Hall–Kier alpha value is -1.67. The predicted octanol–water partition coefficient (Wildman–Crippen LogP) is 4.11. The molecule has 0 aliphatic heterocycles. The van der Waals surface area contributed by atoms with Crippen molar-refractivity contribution in [2.24, 2.45) is 0 Å². The molecule has 0 spiro atoms. The number of nitrogens with one attached hydrogen (secondary N) is 1. The molecule has 0 amide bonds. The molecule has 106 valence electrons. The van der Waals surface area contributed by atoms with Gasteiger partial charge in [-0.2, -0.15) is 0 Å². The zero-order valence-electron chi connectivity index (χ0n) is 12.2. The summed E-state index contributed by atoms with van der Waals surface area (Å²) in [7, 11) is 0. The molecule has 2 aromatic rings. The topological polar surface area (TPSA) is 12.0 Å². The van der Waals surface area contributed by atoms with Gasteiger partial charge in [0.05, 0.1) is 0 Å². The predicted molar refractivity (Wildman–Crippen MR) is 82.2 cm³/mol. The van der Waals surface area contributed by atoms with E-state index in [-0.39, 0.29) is 5.82 Å². The molecule has 0 saturated carbocycles. The van der Waals surface area contributed by atoms with Gasteiger partial charge in [0.2, 0.25) is 0 Å². The van der Waals surface area contributed by atoms with Crippen molar-refractivity contribution in [2.45, 2.75) is 39.3 Å². The number of hydrogen-bond acceptors (Lipinski definition) is 1. The van der Waals surface area contributed by atoms with Crippen LogP contribution in [-0.4, -0.2) is 6.04 Å². The van der Waals surface area contributed by atoms with Crippen molar-refractivity contribution in [3.05, 3.63) is 71.0 Å². The van der Waals surface area contributed by atoms with Crippen LogP contribution in [0.3, 0.4) is 0 Å². The highest BCUT2D eigenvalue weighted by molar-refractivity contribution is 5.33. The van der Waals surface area contributed by atoms with Gasteiger partial charge >= 0.3 is 0 Å². The molecular weight excluding hydrogens is 249 g/mol. The number of hydrogen-bond donors (Lipinski definition) is 1. The second-order valence-corrected chi connectivity index (χ2v) is 4.85. The summed E-state index contributed by atoms with van der Waals surface area (Å²) in [6.07, 6.45) is 2.09. The molecule has 1 nitrogen and oxygen atoms in total. The molecule has 0 saturated heterocycles. The average Bonchev–Trinajstić information content (AvgIpc) is 2.91. The minimum atomic E-state index is -0.125. The summed E-state index contributed by atoms with van der Waals surface area (Å²) in [6.45, 7) is 4.60. The van der Waals surface area contributed by atoms with Crippen LogP contribution in [0.25, 0.3) is 0 Å². The third kappa shape index (κ3) is 3.45. The van der Waals surface area contributed by atoms with Gasteiger partial charge in [-0.05, 0) is 30.0 Å². The van der Waals surface area contributed by atoms with Crippen molar-refractivity contribution in [2.75, 3.05) is 0 Å². The van der Waals surface area contributed by atoms with Crippen molar-refractivity contribution in [3.8, 4) is 0 Å². The largest absolute Gasteiger partial charge is 0.309 e. The zero-order chi connectivity index (χ0) is 14.4. The summed E-state index contributed by atoms with van der Waals surface area (Å²) in [5.74, 6) is -0.125. The van der Waals surface area contributed by atoms with Crippen LogP contribution < -0.4 is 5.32 Å². The fourth-order valence-electron chi connectivity index (χ4n) is 2.60. The van der Waals surface area contributed by atoms with E-state index in [9.17, 15) is 4.39 Å². The van der Waals surface area contributed by atoms with Gasteiger partial charge in [-0.25, -0.2) is 4.39 Å². The average molecular weight is 271 g/mol. The summed E-state index contributed by atoms with van der Waals surface area (Å²) in [4.78, 5) is 0. The van der Waals surface area contributed by atoms with Gasteiger partial charge in [0, 0.05) is 18.2 Å². The van der Waals surface area contributed by atoms with E-state index in [1.165, 1.54) is 17.2 Å². The van der Waals surface area contributed by atoms with Crippen LogP contribution in [-0.2, 0) is 19.4 Å². The minimum Gasteiger partial charge on any atom is -0.309 e. The Morgan fingerprint density at radius 1 is 0.950 bits per heavy atom. The number of benzene rings is 2. The third-order valence-corrected chi connectivity index (χ3v) is 3.59. The first-order chi connectivity index (χ1) is 9.83. The molecule has 0 aromatic heterocycles. The molecule has 0 fully saturated rings. The molecule has 0 radical (unpaired) electrons. The van der Waals surface area contributed by atoms with Gasteiger partial charge in [-0.1, -0.05) is 56.3 Å². The second kappa shape index (κ2) is 7.20. The minimum absolute atomic E-state index is 0.125. The van der Waals surface area contributed by atoms with E-state index in [0.717, 1.165) is 18.4 Å². The van der Waals surface area contributed by atoms with E-state index in [0.29, 0.717) is 12.6 Å². The van der Waals surface area contributed by atoms with Gasteiger partial charge in [-0.15, -0.1) is 0 Å². The Balaban J connectivity index is 0.000000704. The second-order valence-electron chi connectivity index (χ2n) is 4.85. The summed E-state index contributed by atoms with van der Waals surface area (Å²) in [5, 5.41) is 3.45. The first-order valence-corrected chi connectivity index (χ1v) is 7.36. The molecular formula is C18H22FN. The lowest BCUT2D eigenvalue weighted by Crippen LogP contribution is -2.29. The van der Waals surface area contributed by atoms with E-state index in [1.807, 2.05) is 26.0 Å². The van der Waals surface area contributed by atoms with E-state index in [1.54, 1.807) is 6.07 Å². The molecule has 1 aliphatic rings. The van der Waals surface area contributed by atoms with Gasteiger partial charge in [-0.3, -0.25) is 0 Å². The highest BCUT2D eigenvalue weighted by Crippen LogP contribution is 2.22. The van der Waals surface area contributed by atoms with Crippen molar-refractivity contribution in [1.29, 1.82) is 0 Å². The molecule has 0 unspecified atom stereocenters. The summed E-state index contributed by atoms with van der Waals surface area (Å²) in [5.41, 5.74) is 3.58. The number of rotatable bonds is 3. The van der Waals surface area contributed by atoms with Crippen LogP contribution in [0, 0.1) is 5.82 Å². The fourth-order valence-corrected chi connectivity index (χ4v) is 2.60. The Morgan fingerprint density at radius 2 is 1.50 bits per heavy atom. The van der Waals surface area contributed by atoms with E-state index >= 15 is 0 Å². The first kappa shape index (κ1) is 14.7. The van der Waals surface area contributed by atoms with Crippen molar-refractivity contribution in [1.82, 2.24) is 5.32 Å². The molecule has 0 atom stereocenters. The highest BCUT2D eigenvalue weighted by Gasteiger charge is 2.20. The number of halogens is 1. The van der Waals surface area contributed by atoms with Crippen LogP contribution in [0.5, 0.6) is 0 Å². The standard InChI is InChI=1S/C16H16FN.C2H6/c17-16-8-4-3-7-14(16)11-18-15-9-12-5-1-2-6-13(12)10-15;1-2/h1-8,15,18H,9-11H2;1-2H3. The van der Waals surface area contributed by atoms with Gasteiger partial charge in [0.15, 0.2) is 0 Å². The Kier molecular flexibility index (Phi) is 5.31. The normalized spacial score (nSPS) is 13.6. The van der Waals surface area contributed by atoms with E-state index in [2.05, 4.69) is 29.6 Å². The quantitative estimate of drug-likeness (QED) is 0.886. The lowest BCUT2D eigenvalue weighted by atomic mass is 10.1. The molecule has 0 heterocycles. The third-order valence-electron chi connectivity index (χ3n) is 3.59. The highest BCUT2D eigenvalue weighted by atomic mass is 19.1. The van der Waals surface area contributed by atoms with Crippen LogP contribution in [0.4, 0.5) is 4.39 Å². The molecule has 2 aromatic carbocycles. The van der Waals surface area contributed by atoms with Gasteiger partial charge in [0.25, 0.3) is 0 Å². The molecule has 20 heavy (non-hydrogen) atoms. The molecule has 1 aliphatic carbocycles. The fraction of sp³-hybridized carbons (Fsp3) is 0.333. The molecule has 0 bridgehead atoms. The van der Waals surface area contributed by atoms with Crippen molar-refractivity contribution < 1.29 is 4.39 Å². The molecule has 3 rings (SSSR count). The van der Waals surface area contributed by atoms with Crippen LogP contribution >= 0.6 is 0 Å². The van der Waals surface area contributed by atoms with Crippen molar-refractivity contribution in [3.63, 3.8) is 0 Å². The zero-order valence-corrected chi connectivity index (χ0v) is 12.2. The lowest BCUT2D eigenvalue weighted by molar-refractivity contribution is 0.515. The van der Waals surface area contributed by atoms with E-state index < -0.39 is 0 Å². The number of fused-ring (bicyclic) bond motifs is 1. The van der Waals surface area contributed by atoms with Gasteiger partial charge < -0.3 is 5.32 Å². The summed E-state index contributed by atoms with van der Waals surface area (Å²) in [6, 6.07) is 15.9. The monoisotopic (exact) mass is 271 g/mol. The van der Waals surface area contributed by atoms with Crippen molar-refractivity contribution >= 4 is 0 Å². The summed E-state index contributed by atoms with van der Waals surface area (Å²) < 4.78 is 13.5. The van der Waals surface area contributed by atoms with Crippen LogP contribution in [0.2, 0.25) is 0 Å². The molecule has 1 N–H and O–H groups in total. The maximum Gasteiger partial charge on any atom is 0.127 e. The van der Waals surface area contributed by atoms with Crippen LogP contribution in [0.15, 0.2) is 48.5 Å². The summed E-state index contributed by atoms with van der Waals surface area (Å²) >= 11 is 0. The van der Waals surface area contributed by atoms with E-state index in [4.69, 9.17) is 0 Å².